The summed E-state index contributed by atoms with van der Waals surface area (Å²) in [6.07, 6.45) is 5.57. The fraction of sp³-hybridized carbons (Fsp3) is 0.556. The Morgan fingerprint density at radius 1 is 1.22 bits per heavy atom. The van der Waals surface area contributed by atoms with E-state index in [9.17, 15) is 9.59 Å². The fourth-order valence-electron chi connectivity index (χ4n) is 3.16. The molecule has 1 saturated carbocycles. The molecule has 1 aliphatic carbocycles. The Balaban J connectivity index is 1.67. The lowest BCUT2D eigenvalue weighted by atomic mass is 9.83. The number of alkyl carbamates (subject to hydrolysis) is 1. The van der Waals surface area contributed by atoms with Crippen molar-refractivity contribution in [3.05, 3.63) is 35.9 Å². The molecule has 2 unspecified atom stereocenters. The maximum Gasteiger partial charge on any atom is 0.407 e. The van der Waals surface area contributed by atoms with Gasteiger partial charge in [-0.1, -0.05) is 43.2 Å². The molecule has 5 heteroatoms. The van der Waals surface area contributed by atoms with Crippen molar-refractivity contribution in [2.75, 3.05) is 0 Å². The fourth-order valence-corrected chi connectivity index (χ4v) is 3.16. The van der Waals surface area contributed by atoms with Crippen molar-refractivity contribution in [2.24, 2.45) is 5.92 Å². The first-order valence-corrected chi connectivity index (χ1v) is 8.32. The van der Waals surface area contributed by atoms with Gasteiger partial charge < -0.3 is 15.2 Å². The molecule has 126 valence electrons. The van der Waals surface area contributed by atoms with Crippen LogP contribution in [-0.2, 0) is 16.1 Å². The number of hydrogen-bond acceptors (Lipinski definition) is 3. The maximum absolute atomic E-state index is 11.9. The van der Waals surface area contributed by atoms with E-state index in [1.54, 1.807) is 0 Å². The highest BCUT2D eigenvalue weighted by molar-refractivity contribution is 5.67. The number of hydrogen-bond donors (Lipinski definition) is 2. The standard InChI is InChI=1S/C18H25NO4/c20-17(21)11-5-9-14-8-4-10-16(12-14)19-18(22)23-13-15-6-2-1-3-7-15/h1-3,6-7,14,16H,4-5,8-13H2,(H,19,22)(H,20,21). The third-order valence-electron chi connectivity index (χ3n) is 4.32. The third kappa shape index (κ3) is 6.72. The number of carbonyl (C=O) groups is 2. The number of aliphatic carboxylic acids is 1. The van der Waals surface area contributed by atoms with Gasteiger partial charge in [-0.05, 0) is 37.2 Å². The Morgan fingerprint density at radius 3 is 2.74 bits per heavy atom. The van der Waals surface area contributed by atoms with Gasteiger partial charge in [-0.2, -0.15) is 0 Å². The molecule has 0 saturated heterocycles. The second-order valence-corrected chi connectivity index (χ2v) is 6.22. The zero-order valence-electron chi connectivity index (χ0n) is 13.4. The minimum absolute atomic E-state index is 0.141. The first kappa shape index (κ1) is 17.3. The molecule has 1 fully saturated rings. The predicted octanol–water partition coefficient (Wildman–Crippen LogP) is 3.73. The Hall–Kier alpha value is -2.04. The minimum atomic E-state index is -0.736. The smallest absolute Gasteiger partial charge is 0.407 e. The van der Waals surface area contributed by atoms with Crippen LogP contribution in [0.5, 0.6) is 0 Å². The number of carbonyl (C=O) groups excluding carboxylic acids is 1. The molecule has 5 nitrogen and oxygen atoms in total. The van der Waals surface area contributed by atoms with Crippen molar-refractivity contribution >= 4 is 12.1 Å². The summed E-state index contributed by atoms with van der Waals surface area (Å²) in [5, 5.41) is 11.6. The van der Waals surface area contributed by atoms with Crippen LogP contribution in [0.4, 0.5) is 4.79 Å². The van der Waals surface area contributed by atoms with Crippen LogP contribution in [-0.4, -0.2) is 23.2 Å². The summed E-state index contributed by atoms with van der Waals surface area (Å²) in [5.74, 6) is -0.234. The molecule has 0 aliphatic heterocycles. The van der Waals surface area contributed by atoms with Crippen molar-refractivity contribution < 1.29 is 19.4 Å². The van der Waals surface area contributed by atoms with E-state index in [0.29, 0.717) is 12.3 Å². The molecule has 0 bridgehead atoms. The van der Waals surface area contributed by atoms with Gasteiger partial charge in [-0.15, -0.1) is 0 Å². The van der Waals surface area contributed by atoms with Crippen LogP contribution < -0.4 is 5.32 Å². The van der Waals surface area contributed by atoms with Crippen LogP contribution in [0.15, 0.2) is 30.3 Å². The number of carboxylic acid groups (broad SMARTS) is 1. The lowest BCUT2D eigenvalue weighted by Gasteiger charge is -2.29. The molecule has 23 heavy (non-hydrogen) atoms. The van der Waals surface area contributed by atoms with E-state index < -0.39 is 5.97 Å². The molecule has 0 heterocycles. The molecule has 0 radical (unpaired) electrons. The van der Waals surface area contributed by atoms with E-state index in [1.165, 1.54) is 0 Å². The number of nitrogens with one attached hydrogen (secondary N) is 1. The first-order chi connectivity index (χ1) is 11.1. The summed E-state index contributed by atoms with van der Waals surface area (Å²) in [5.41, 5.74) is 0.970. The van der Waals surface area contributed by atoms with Gasteiger partial charge in [-0.3, -0.25) is 4.79 Å². The number of amides is 1. The van der Waals surface area contributed by atoms with E-state index >= 15 is 0 Å². The number of carboxylic acids is 1. The first-order valence-electron chi connectivity index (χ1n) is 8.32. The zero-order valence-corrected chi connectivity index (χ0v) is 13.4. The second-order valence-electron chi connectivity index (χ2n) is 6.22. The van der Waals surface area contributed by atoms with Crippen LogP contribution in [0, 0.1) is 5.92 Å². The Morgan fingerprint density at radius 2 is 2.00 bits per heavy atom. The Labute approximate surface area is 137 Å². The van der Waals surface area contributed by atoms with Gasteiger partial charge in [0, 0.05) is 12.5 Å². The highest BCUT2D eigenvalue weighted by Gasteiger charge is 2.23. The van der Waals surface area contributed by atoms with E-state index in [2.05, 4.69) is 5.32 Å². The molecule has 1 aromatic rings. The summed E-state index contributed by atoms with van der Waals surface area (Å²) in [4.78, 5) is 22.4. The average Bonchev–Trinajstić information content (AvgIpc) is 2.54. The topological polar surface area (TPSA) is 75.6 Å². The molecule has 2 rings (SSSR count). The van der Waals surface area contributed by atoms with Crippen LogP contribution >= 0.6 is 0 Å². The van der Waals surface area contributed by atoms with Crippen molar-refractivity contribution in [1.82, 2.24) is 5.32 Å². The van der Waals surface area contributed by atoms with Crippen LogP contribution in [0.2, 0.25) is 0 Å². The zero-order chi connectivity index (χ0) is 16.5. The number of benzene rings is 1. The van der Waals surface area contributed by atoms with Gasteiger partial charge >= 0.3 is 12.1 Å². The van der Waals surface area contributed by atoms with Gasteiger partial charge in [0.1, 0.15) is 6.61 Å². The van der Waals surface area contributed by atoms with Gasteiger partial charge in [0.2, 0.25) is 0 Å². The summed E-state index contributed by atoms with van der Waals surface area (Å²) in [6.45, 7) is 0.279. The summed E-state index contributed by atoms with van der Waals surface area (Å²) >= 11 is 0. The highest BCUT2D eigenvalue weighted by Crippen LogP contribution is 2.28. The van der Waals surface area contributed by atoms with Gasteiger partial charge in [-0.25, -0.2) is 4.79 Å². The van der Waals surface area contributed by atoms with E-state index in [0.717, 1.165) is 37.7 Å². The predicted molar refractivity (Wildman–Crippen MR) is 87.0 cm³/mol. The van der Waals surface area contributed by atoms with E-state index in [4.69, 9.17) is 9.84 Å². The van der Waals surface area contributed by atoms with Crippen molar-refractivity contribution in [2.45, 2.75) is 57.6 Å². The van der Waals surface area contributed by atoms with Crippen LogP contribution in [0.1, 0.15) is 50.5 Å². The highest BCUT2D eigenvalue weighted by atomic mass is 16.5. The molecule has 2 N–H and O–H groups in total. The van der Waals surface area contributed by atoms with Gasteiger partial charge in [0.05, 0.1) is 0 Å². The van der Waals surface area contributed by atoms with Crippen molar-refractivity contribution in [1.29, 1.82) is 0 Å². The van der Waals surface area contributed by atoms with Crippen LogP contribution in [0.3, 0.4) is 0 Å². The van der Waals surface area contributed by atoms with Crippen LogP contribution in [0.25, 0.3) is 0 Å². The molecular weight excluding hydrogens is 294 g/mol. The van der Waals surface area contributed by atoms with Gasteiger partial charge in [0.25, 0.3) is 0 Å². The molecule has 0 spiro atoms. The van der Waals surface area contributed by atoms with Gasteiger partial charge in [0.15, 0.2) is 0 Å². The lowest BCUT2D eigenvalue weighted by molar-refractivity contribution is -0.137. The summed E-state index contributed by atoms with van der Waals surface area (Å²) < 4.78 is 5.25. The normalized spacial score (nSPS) is 20.7. The molecule has 2 atom stereocenters. The molecule has 1 aliphatic rings. The van der Waals surface area contributed by atoms with E-state index in [-0.39, 0.29) is 25.2 Å². The monoisotopic (exact) mass is 319 g/mol. The Kier molecular flexibility index (Phi) is 6.91. The SMILES string of the molecule is O=C(O)CCCC1CCCC(NC(=O)OCc2ccccc2)C1. The third-order valence-corrected chi connectivity index (χ3v) is 4.32. The van der Waals surface area contributed by atoms with Crippen molar-refractivity contribution in [3.63, 3.8) is 0 Å². The molecule has 1 aromatic carbocycles. The number of ether oxygens (including phenoxy) is 1. The number of rotatable bonds is 7. The summed E-state index contributed by atoms with van der Waals surface area (Å²) in [7, 11) is 0. The quantitative estimate of drug-likeness (QED) is 0.803. The summed E-state index contributed by atoms with van der Waals surface area (Å²) in [6, 6.07) is 9.75. The molecular formula is C18H25NO4. The molecule has 1 amide bonds. The average molecular weight is 319 g/mol. The largest absolute Gasteiger partial charge is 0.481 e. The van der Waals surface area contributed by atoms with E-state index in [1.807, 2.05) is 30.3 Å². The lowest BCUT2D eigenvalue weighted by Crippen LogP contribution is -2.38. The Bertz CT molecular complexity index is 503. The second kappa shape index (κ2) is 9.18. The minimum Gasteiger partial charge on any atom is -0.481 e. The molecule has 0 aromatic heterocycles. The van der Waals surface area contributed by atoms with Crippen molar-refractivity contribution in [3.8, 4) is 0 Å². The maximum atomic E-state index is 11.9.